The molecule has 1 amide bonds. The van der Waals surface area contributed by atoms with Gasteiger partial charge in [0.1, 0.15) is 5.69 Å². The first kappa shape index (κ1) is 19.4. The molecule has 3 heterocycles. The van der Waals surface area contributed by atoms with Gasteiger partial charge in [0.2, 0.25) is 0 Å². The number of aromatic nitrogens is 2. The van der Waals surface area contributed by atoms with E-state index >= 15 is 0 Å². The maximum Gasteiger partial charge on any atom is 0.297 e. The van der Waals surface area contributed by atoms with Crippen LogP contribution in [-0.4, -0.2) is 28.9 Å². The van der Waals surface area contributed by atoms with Crippen molar-refractivity contribution in [2.45, 2.75) is 5.79 Å². The Balaban J connectivity index is 1.57. The first-order chi connectivity index (χ1) is 15.7. The van der Waals surface area contributed by atoms with E-state index in [4.69, 9.17) is 14.6 Å². The number of fused-ring (bicyclic) bond motifs is 2. The summed E-state index contributed by atoms with van der Waals surface area (Å²) in [5.74, 6) is -1.66. The van der Waals surface area contributed by atoms with Crippen molar-refractivity contribution in [2.75, 3.05) is 18.1 Å². The number of rotatable bonds is 3. The summed E-state index contributed by atoms with van der Waals surface area (Å²) < 4.78 is 14.6. The van der Waals surface area contributed by atoms with Crippen molar-refractivity contribution < 1.29 is 14.3 Å². The zero-order valence-electron chi connectivity index (χ0n) is 16.9. The highest BCUT2D eigenvalue weighted by Gasteiger charge is 2.57. The first-order valence-corrected chi connectivity index (χ1v) is 11.1. The topological polar surface area (TPSA) is 56.6 Å². The van der Waals surface area contributed by atoms with Crippen LogP contribution in [0, 0.1) is 0 Å². The van der Waals surface area contributed by atoms with E-state index < -0.39 is 5.79 Å². The van der Waals surface area contributed by atoms with Crippen molar-refractivity contribution in [1.82, 2.24) is 9.78 Å². The molecule has 6 nitrogen and oxygen atoms in total. The van der Waals surface area contributed by atoms with Gasteiger partial charge in [-0.2, -0.15) is 5.10 Å². The second kappa shape index (κ2) is 7.41. The number of carbonyl (C=O) groups excluding carboxylic acids is 1. The fourth-order valence-electron chi connectivity index (χ4n) is 4.30. The summed E-state index contributed by atoms with van der Waals surface area (Å²) in [6.07, 6.45) is 1.88. The monoisotopic (exact) mass is 487 g/mol. The number of para-hydroxylation sites is 2. The molecule has 0 unspecified atom stereocenters. The molecule has 1 saturated heterocycles. The SMILES string of the molecule is O=C1N(c2cn(-c3ccccc3)nc2-c2ccc(Br)cc2)c2ccccc2C12OCCO2. The molecule has 1 spiro atoms. The predicted molar refractivity (Wildman–Crippen MR) is 124 cm³/mol. The molecule has 2 aliphatic rings. The van der Waals surface area contributed by atoms with Crippen LogP contribution in [0.1, 0.15) is 5.56 Å². The van der Waals surface area contributed by atoms with Crippen LogP contribution in [0.25, 0.3) is 16.9 Å². The van der Waals surface area contributed by atoms with E-state index in [-0.39, 0.29) is 5.91 Å². The number of amides is 1. The smallest absolute Gasteiger partial charge is 0.297 e. The highest BCUT2D eigenvalue weighted by atomic mass is 79.9. The van der Waals surface area contributed by atoms with Crippen molar-refractivity contribution >= 4 is 33.2 Å². The second-order valence-electron chi connectivity index (χ2n) is 7.62. The van der Waals surface area contributed by atoms with Crippen LogP contribution in [0.5, 0.6) is 0 Å². The minimum Gasteiger partial charge on any atom is -0.336 e. The first-order valence-electron chi connectivity index (χ1n) is 10.3. The quantitative estimate of drug-likeness (QED) is 0.399. The zero-order chi connectivity index (χ0) is 21.7. The Morgan fingerprint density at radius 2 is 1.53 bits per heavy atom. The summed E-state index contributed by atoms with van der Waals surface area (Å²) >= 11 is 3.49. The maximum absolute atomic E-state index is 13.8. The molecule has 3 aromatic carbocycles. The van der Waals surface area contributed by atoms with Crippen LogP contribution >= 0.6 is 15.9 Å². The van der Waals surface area contributed by atoms with E-state index in [1.807, 2.05) is 85.1 Å². The lowest BCUT2D eigenvalue weighted by atomic mass is 10.1. The summed E-state index contributed by atoms with van der Waals surface area (Å²) in [5.41, 5.74) is 4.63. The molecule has 7 heteroatoms. The molecule has 0 bridgehead atoms. The van der Waals surface area contributed by atoms with Crippen LogP contribution in [0.2, 0.25) is 0 Å². The lowest BCUT2D eigenvalue weighted by Gasteiger charge is -2.22. The molecule has 6 rings (SSSR count). The Bertz CT molecular complexity index is 1310. The van der Waals surface area contributed by atoms with Crippen LogP contribution in [0.3, 0.4) is 0 Å². The van der Waals surface area contributed by atoms with Crippen LogP contribution in [0.15, 0.2) is 89.5 Å². The van der Waals surface area contributed by atoms with Gasteiger partial charge in [-0.15, -0.1) is 0 Å². The standard InChI is InChI=1S/C25H18BrN3O3/c26-18-12-10-17(11-13-18)23-22(16-28(27-23)19-6-2-1-3-7-19)29-21-9-5-4-8-20(21)25(24(29)30)31-14-15-32-25/h1-13,16H,14-15H2. The molecule has 158 valence electrons. The third-order valence-corrected chi connectivity index (χ3v) is 6.28. The summed E-state index contributed by atoms with van der Waals surface area (Å²) in [4.78, 5) is 15.5. The van der Waals surface area contributed by atoms with E-state index in [0.29, 0.717) is 24.6 Å². The highest BCUT2D eigenvalue weighted by Crippen LogP contribution is 2.50. The van der Waals surface area contributed by atoms with E-state index in [0.717, 1.165) is 27.0 Å². The van der Waals surface area contributed by atoms with Gasteiger partial charge in [0.05, 0.1) is 36.5 Å². The Labute approximate surface area is 193 Å². The van der Waals surface area contributed by atoms with Gasteiger partial charge in [0.15, 0.2) is 0 Å². The molecule has 0 saturated carbocycles. The molecule has 1 aromatic heterocycles. The maximum atomic E-state index is 13.8. The van der Waals surface area contributed by atoms with Crippen molar-refractivity contribution in [3.05, 3.63) is 95.1 Å². The van der Waals surface area contributed by atoms with Gasteiger partial charge >= 0.3 is 0 Å². The molecular weight excluding hydrogens is 470 g/mol. The average Bonchev–Trinajstić information content (AvgIpc) is 3.54. The van der Waals surface area contributed by atoms with Crippen molar-refractivity contribution in [1.29, 1.82) is 0 Å². The number of nitrogens with zero attached hydrogens (tertiary/aromatic N) is 3. The highest BCUT2D eigenvalue weighted by molar-refractivity contribution is 9.10. The number of halogens is 1. The van der Waals surface area contributed by atoms with Crippen molar-refractivity contribution in [2.24, 2.45) is 0 Å². The Kier molecular flexibility index (Phi) is 4.50. The Morgan fingerprint density at radius 1 is 0.844 bits per heavy atom. The number of hydrogen-bond acceptors (Lipinski definition) is 4. The molecule has 0 N–H and O–H groups in total. The fraction of sp³-hybridized carbons (Fsp3) is 0.120. The van der Waals surface area contributed by atoms with Crippen LogP contribution in [-0.2, 0) is 20.1 Å². The summed E-state index contributed by atoms with van der Waals surface area (Å²) in [5, 5.41) is 4.87. The number of hydrogen-bond donors (Lipinski definition) is 0. The van der Waals surface area contributed by atoms with Gasteiger partial charge in [-0.3, -0.25) is 9.69 Å². The number of anilines is 2. The van der Waals surface area contributed by atoms with Gasteiger partial charge in [-0.05, 0) is 30.3 Å². The lowest BCUT2D eigenvalue weighted by molar-refractivity contribution is -0.180. The van der Waals surface area contributed by atoms with Gasteiger partial charge in [-0.1, -0.05) is 64.5 Å². The molecule has 2 aliphatic heterocycles. The molecule has 0 aliphatic carbocycles. The normalized spacial score (nSPS) is 16.7. The molecule has 4 aromatic rings. The van der Waals surface area contributed by atoms with E-state index in [9.17, 15) is 4.79 Å². The van der Waals surface area contributed by atoms with Crippen LogP contribution < -0.4 is 4.90 Å². The third-order valence-electron chi connectivity index (χ3n) is 5.75. The number of carbonyl (C=O) groups is 1. The van der Waals surface area contributed by atoms with Gasteiger partial charge in [0, 0.05) is 15.6 Å². The largest absolute Gasteiger partial charge is 0.336 e. The van der Waals surface area contributed by atoms with Gasteiger partial charge in [0.25, 0.3) is 11.7 Å². The zero-order valence-corrected chi connectivity index (χ0v) is 18.5. The van der Waals surface area contributed by atoms with E-state index in [1.54, 1.807) is 9.58 Å². The molecule has 0 radical (unpaired) electrons. The summed E-state index contributed by atoms with van der Waals surface area (Å²) in [6, 6.07) is 25.3. The Morgan fingerprint density at radius 3 is 2.28 bits per heavy atom. The van der Waals surface area contributed by atoms with E-state index in [1.165, 1.54) is 0 Å². The molecule has 32 heavy (non-hydrogen) atoms. The molecule has 0 atom stereocenters. The molecular formula is C25H18BrN3O3. The van der Waals surface area contributed by atoms with Crippen LogP contribution in [0.4, 0.5) is 11.4 Å². The summed E-state index contributed by atoms with van der Waals surface area (Å²) in [6.45, 7) is 0.744. The van der Waals surface area contributed by atoms with Crippen molar-refractivity contribution in [3.63, 3.8) is 0 Å². The average molecular weight is 488 g/mol. The predicted octanol–water partition coefficient (Wildman–Crippen LogP) is 5.18. The third kappa shape index (κ3) is 2.86. The number of benzene rings is 3. The van der Waals surface area contributed by atoms with Gasteiger partial charge in [-0.25, -0.2) is 4.68 Å². The second-order valence-corrected chi connectivity index (χ2v) is 8.54. The van der Waals surface area contributed by atoms with Gasteiger partial charge < -0.3 is 9.47 Å². The van der Waals surface area contributed by atoms with E-state index in [2.05, 4.69) is 15.9 Å². The minimum absolute atomic E-state index is 0.262. The Hall–Kier alpha value is -3.26. The fourth-order valence-corrected chi connectivity index (χ4v) is 4.57. The molecule has 1 fully saturated rings. The van der Waals surface area contributed by atoms with Crippen molar-refractivity contribution in [3.8, 4) is 16.9 Å². The minimum atomic E-state index is -1.40. The lowest BCUT2D eigenvalue weighted by Crippen LogP contribution is -2.39. The number of ether oxygens (including phenoxy) is 2. The summed E-state index contributed by atoms with van der Waals surface area (Å²) in [7, 11) is 0.